The van der Waals surface area contributed by atoms with Crippen LogP contribution in [0.3, 0.4) is 0 Å². The summed E-state index contributed by atoms with van der Waals surface area (Å²) >= 11 is 0. The number of carbonyl (C=O) groups excluding carboxylic acids is 1. The Hall–Kier alpha value is -3.17. The number of sulfonamides is 1. The standard InChI is InChI=1S/C24H29N3O5S/c1-4-22(28)25-23-17(2)14-26(15-18(23)3)33(31,32)21-12-10-20(11-13-21)27(24(29)30)16-19-8-6-5-7-9-19/h4-13,17-18,23H,1,14-16H2,2-3H3,(H,25,28)(H,29,30). The topological polar surface area (TPSA) is 107 Å². The number of nitrogens with zero attached hydrogens (tertiary/aromatic N) is 2. The molecule has 2 unspecified atom stereocenters. The van der Waals surface area contributed by atoms with Gasteiger partial charge in [0, 0.05) is 24.8 Å². The Labute approximate surface area is 194 Å². The number of carbonyl (C=O) groups is 2. The van der Waals surface area contributed by atoms with E-state index in [4.69, 9.17) is 0 Å². The molecule has 2 aromatic rings. The molecule has 3 rings (SSSR count). The number of anilines is 1. The molecule has 0 bridgehead atoms. The van der Waals surface area contributed by atoms with Gasteiger partial charge in [0.1, 0.15) is 0 Å². The largest absolute Gasteiger partial charge is 0.465 e. The van der Waals surface area contributed by atoms with E-state index < -0.39 is 16.1 Å². The molecule has 2 N–H and O–H groups in total. The van der Waals surface area contributed by atoms with Crippen LogP contribution < -0.4 is 10.2 Å². The van der Waals surface area contributed by atoms with Crippen molar-refractivity contribution >= 4 is 27.7 Å². The van der Waals surface area contributed by atoms with Gasteiger partial charge >= 0.3 is 6.09 Å². The van der Waals surface area contributed by atoms with Crippen molar-refractivity contribution in [3.05, 3.63) is 72.8 Å². The second-order valence-electron chi connectivity index (χ2n) is 8.36. The van der Waals surface area contributed by atoms with Crippen LogP contribution in [0.25, 0.3) is 0 Å². The molecule has 0 saturated carbocycles. The van der Waals surface area contributed by atoms with Crippen molar-refractivity contribution in [3.8, 4) is 0 Å². The van der Waals surface area contributed by atoms with Gasteiger partial charge in [-0.15, -0.1) is 0 Å². The molecule has 33 heavy (non-hydrogen) atoms. The third-order valence-corrected chi connectivity index (χ3v) is 7.75. The lowest BCUT2D eigenvalue weighted by Crippen LogP contribution is -2.55. The zero-order chi connectivity index (χ0) is 24.2. The molecule has 1 heterocycles. The molecule has 0 aliphatic carbocycles. The van der Waals surface area contributed by atoms with Crippen molar-refractivity contribution in [1.82, 2.24) is 9.62 Å². The molecule has 2 atom stereocenters. The predicted octanol–water partition coefficient (Wildman–Crippen LogP) is 3.32. The molecule has 0 spiro atoms. The van der Waals surface area contributed by atoms with E-state index in [1.165, 1.54) is 39.5 Å². The molecule has 1 aliphatic rings. The lowest BCUT2D eigenvalue weighted by atomic mass is 9.87. The number of amides is 2. The van der Waals surface area contributed by atoms with Crippen LogP contribution in [0.1, 0.15) is 19.4 Å². The van der Waals surface area contributed by atoms with Crippen LogP contribution in [0, 0.1) is 11.8 Å². The first kappa shape index (κ1) is 24.5. The number of piperidine rings is 1. The molecule has 0 radical (unpaired) electrons. The summed E-state index contributed by atoms with van der Waals surface area (Å²) in [5.74, 6) is -0.441. The summed E-state index contributed by atoms with van der Waals surface area (Å²) in [6.07, 6.45) is 0.0863. The number of hydrogen-bond acceptors (Lipinski definition) is 4. The van der Waals surface area contributed by atoms with Gasteiger partial charge in [-0.1, -0.05) is 50.8 Å². The fourth-order valence-corrected chi connectivity index (χ4v) is 5.83. The van der Waals surface area contributed by atoms with Crippen LogP contribution >= 0.6 is 0 Å². The predicted molar refractivity (Wildman–Crippen MR) is 126 cm³/mol. The fraction of sp³-hybridized carbons (Fsp3) is 0.333. The molecule has 1 fully saturated rings. The van der Waals surface area contributed by atoms with Crippen molar-refractivity contribution in [3.63, 3.8) is 0 Å². The van der Waals surface area contributed by atoms with E-state index in [2.05, 4.69) is 11.9 Å². The normalized spacial score (nSPS) is 21.2. The maximum absolute atomic E-state index is 13.3. The minimum absolute atomic E-state index is 0.0833. The molecule has 2 amide bonds. The first-order valence-corrected chi connectivity index (χ1v) is 12.1. The molecule has 176 valence electrons. The molecular weight excluding hydrogens is 442 g/mol. The second kappa shape index (κ2) is 10.2. The van der Waals surface area contributed by atoms with Gasteiger partial charge in [-0.25, -0.2) is 13.2 Å². The van der Waals surface area contributed by atoms with Gasteiger partial charge in [-0.3, -0.25) is 9.69 Å². The summed E-state index contributed by atoms with van der Waals surface area (Å²) in [5, 5.41) is 12.5. The summed E-state index contributed by atoms with van der Waals surface area (Å²) in [6, 6.07) is 14.9. The van der Waals surface area contributed by atoms with Crippen molar-refractivity contribution < 1.29 is 23.1 Å². The Morgan fingerprint density at radius 2 is 1.67 bits per heavy atom. The van der Waals surface area contributed by atoms with E-state index in [0.29, 0.717) is 5.69 Å². The molecule has 9 heteroatoms. The minimum atomic E-state index is -3.77. The third kappa shape index (κ3) is 5.61. The molecule has 2 aromatic carbocycles. The zero-order valence-electron chi connectivity index (χ0n) is 18.7. The Bertz CT molecular complexity index is 1090. The SMILES string of the molecule is C=CC(=O)NC1C(C)CN(S(=O)(=O)c2ccc(N(Cc3ccccc3)C(=O)O)cc2)CC1C. The molecule has 1 aliphatic heterocycles. The lowest BCUT2D eigenvalue weighted by molar-refractivity contribution is -0.118. The highest BCUT2D eigenvalue weighted by molar-refractivity contribution is 7.89. The minimum Gasteiger partial charge on any atom is -0.465 e. The number of hydrogen-bond donors (Lipinski definition) is 2. The van der Waals surface area contributed by atoms with Gasteiger partial charge < -0.3 is 10.4 Å². The van der Waals surface area contributed by atoms with E-state index in [1.54, 1.807) is 0 Å². The molecule has 0 aromatic heterocycles. The average molecular weight is 472 g/mol. The van der Waals surface area contributed by atoms with Crippen LogP contribution in [0.15, 0.2) is 72.1 Å². The van der Waals surface area contributed by atoms with E-state index in [-0.39, 0.29) is 48.3 Å². The highest BCUT2D eigenvalue weighted by Gasteiger charge is 2.38. The highest BCUT2D eigenvalue weighted by Crippen LogP contribution is 2.28. The number of benzene rings is 2. The summed E-state index contributed by atoms with van der Waals surface area (Å²) in [4.78, 5) is 24.8. The van der Waals surface area contributed by atoms with Crippen LogP contribution in [-0.2, 0) is 21.4 Å². The zero-order valence-corrected chi connectivity index (χ0v) is 19.5. The maximum atomic E-state index is 13.3. The number of carboxylic acid groups (broad SMARTS) is 1. The van der Waals surface area contributed by atoms with Crippen LogP contribution in [0.5, 0.6) is 0 Å². The van der Waals surface area contributed by atoms with Gasteiger partial charge in [0.2, 0.25) is 15.9 Å². The average Bonchev–Trinajstić information content (AvgIpc) is 2.80. The van der Waals surface area contributed by atoms with Crippen LogP contribution in [-0.4, -0.2) is 49.0 Å². The highest BCUT2D eigenvalue weighted by atomic mass is 32.2. The lowest BCUT2D eigenvalue weighted by Gasteiger charge is -2.40. The van der Waals surface area contributed by atoms with Crippen LogP contribution in [0.4, 0.5) is 10.5 Å². The number of nitrogens with one attached hydrogen (secondary N) is 1. The van der Waals surface area contributed by atoms with Crippen LogP contribution in [0.2, 0.25) is 0 Å². The van der Waals surface area contributed by atoms with E-state index >= 15 is 0 Å². The molecule has 1 saturated heterocycles. The summed E-state index contributed by atoms with van der Waals surface area (Å²) in [7, 11) is -3.77. The molecular formula is C24H29N3O5S. The Morgan fingerprint density at radius 3 is 2.18 bits per heavy atom. The van der Waals surface area contributed by atoms with Crippen molar-refractivity contribution in [2.75, 3.05) is 18.0 Å². The Balaban J connectivity index is 1.77. The van der Waals surface area contributed by atoms with Crippen molar-refractivity contribution in [1.29, 1.82) is 0 Å². The van der Waals surface area contributed by atoms with Gasteiger partial charge in [0.05, 0.1) is 11.4 Å². The number of rotatable bonds is 7. The van der Waals surface area contributed by atoms with Crippen molar-refractivity contribution in [2.24, 2.45) is 11.8 Å². The Kier molecular flexibility index (Phi) is 7.55. The van der Waals surface area contributed by atoms with Gasteiger partial charge in [0.25, 0.3) is 0 Å². The van der Waals surface area contributed by atoms with Gasteiger partial charge in [-0.2, -0.15) is 4.31 Å². The quantitative estimate of drug-likeness (QED) is 0.603. The van der Waals surface area contributed by atoms with Gasteiger partial charge in [-0.05, 0) is 47.7 Å². The smallest absolute Gasteiger partial charge is 0.412 e. The maximum Gasteiger partial charge on any atom is 0.412 e. The fourth-order valence-electron chi connectivity index (χ4n) is 4.19. The summed E-state index contributed by atoms with van der Waals surface area (Å²) < 4.78 is 27.9. The first-order chi connectivity index (χ1) is 15.6. The Morgan fingerprint density at radius 1 is 1.09 bits per heavy atom. The van der Waals surface area contributed by atoms with E-state index in [9.17, 15) is 23.1 Å². The van der Waals surface area contributed by atoms with E-state index in [0.717, 1.165) is 5.56 Å². The summed E-state index contributed by atoms with van der Waals surface area (Å²) in [5.41, 5.74) is 1.21. The van der Waals surface area contributed by atoms with E-state index in [1.807, 2.05) is 44.2 Å². The van der Waals surface area contributed by atoms with Crippen molar-refractivity contribution in [2.45, 2.75) is 31.3 Å². The first-order valence-electron chi connectivity index (χ1n) is 10.7. The third-order valence-electron chi connectivity index (χ3n) is 5.90. The monoisotopic (exact) mass is 471 g/mol. The molecule has 8 nitrogen and oxygen atoms in total. The van der Waals surface area contributed by atoms with Gasteiger partial charge in [0.15, 0.2) is 0 Å². The second-order valence-corrected chi connectivity index (χ2v) is 10.3. The summed E-state index contributed by atoms with van der Waals surface area (Å²) in [6.45, 7) is 7.97.